The molecule has 0 N–H and O–H groups in total. The van der Waals surface area contributed by atoms with Crippen LogP contribution in [-0.2, 0) is 0 Å². The van der Waals surface area contributed by atoms with Crippen LogP contribution in [0.25, 0.3) is 22.6 Å². The highest BCUT2D eigenvalue weighted by Gasteiger charge is 2.14. The zero-order valence-corrected chi connectivity index (χ0v) is 12.3. The first-order chi connectivity index (χ1) is 10.3. The Morgan fingerprint density at radius 1 is 1.05 bits per heavy atom. The van der Waals surface area contributed by atoms with Gasteiger partial charge in [0.15, 0.2) is 5.58 Å². The number of aromatic nitrogens is 1. The van der Waals surface area contributed by atoms with E-state index in [0.717, 1.165) is 29.8 Å². The number of fused-ring (bicyclic) bond motifs is 1. The first-order valence-electron chi connectivity index (χ1n) is 7.21. The number of hydrogen-bond acceptors (Lipinski definition) is 3. The van der Waals surface area contributed by atoms with Crippen molar-refractivity contribution in [1.29, 1.82) is 0 Å². The van der Waals surface area contributed by atoms with Gasteiger partial charge in [-0.25, -0.2) is 4.98 Å². The van der Waals surface area contributed by atoms with Gasteiger partial charge in [-0.2, -0.15) is 0 Å². The molecule has 1 saturated heterocycles. The molecule has 0 amide bonds. The van der Waals surface area contributed by atoms with E-state index in [1.807, 2.05) is 18.2 Å². The van der Waals surface area contributed by atoms with Crippen molar-refractivity contribution in [2.45, 2.75) is 12.8 Å². The number of oxazole rings is 1. The second-order valence-electron chi connectivity index (χ2n) is 5.38. The van der Waals surface area contributed by atoms with Crippen molar-refractivity contribution in [2.75, 3.05) is 18.0 Å². The van der Waals surface area contributed by atoms with Crippen molar-refractivity contribution in [3.05, 3.63) is 47.5 Å². The minimum Gasteiger partial charge on any atom is -0.436 e. The van der Waals surface area contributed by atoms with Crippen molar-refractivity contribution in [2.24, 2.45) is 0 Å². The summed E-state index contributed by atoms with van der Waals surface area (Å²) < 4.78 is 5.84. The number of halogens is 1. The summed E-state index contributed by atoms with van der Waals surface area (Å²) in [5.41, 5.74) is 3.81. The summed E-state index contributed by atoms with van der Waals surface area (Å²) in [6.45, 7) is 2.26. The quantitative estimate of drug-likeness (QED) is 0.684. The van der Waals surface area contributed by atoms with Crippen LogP contribution in [0.5, 0.6) is 0 Å². The molecular formula is C17H15ClN2O. The number of nitrogens with zero attached hydrogens (tertiary/aromatic N) is 2. The molecule has 1 aromatic heterocycles. The van der Waals surface area contributed by atoms with Crippen molar-refractivity contribution in [3.63, 3.8) is 0 Å². The minimum atomic E-state index is 0.647. The molecule has 21 heavy (non-hydrogen) atoms. The van der Waals surface area contributed by atoms with Crippen molar-refractivity contribution < 1.29 is 4.42 Å². The molecule has 2 heterocycles. The topological polar surface area (TPSA) is 29.3 Å². The fourth-order valence-electron chi connectivity index (χ4n) is 2.83. The van der Waals surface area contributed by atoms with E-state index in [-0.39, 0.29) is 0 Å². The van der Waals surface area contributed by atoms with Gasteiger partial charge in [0.1, 0.15) is 5.52 Å². The lowest BCUT2D eigenvalue weighted by Crippen LogP contribution is -2.17. The molecule has 3 aromatic rings. The van der Waals surface area contributed by atoms with E-state index in [4.69, 9.17) is 16.0 Å². The van der Waals surface area contributed by atoms with Crippen LogP contribution in [0.15, 0.2) is 46.9 Å². The molecule has 4 rings (SSSR count). The highest BCUT2D eigenvalue weighted by atomic mass is 35.5. The van der Waals surface area contributed by atoms with Gasteiger partial charge in [-0.05, 0) is 43.2 Å². The van der Waals surface area contributed by atoms with E-state index in [1.54, 1.807) is 6.07 Å². The van der Waals surface area contributed by atoms with Crippen LogP contribution in [0.4, 0.5) is 5.69 Å². The third-order valence-electron chi connectivity index (χ3n) is 3.91. The number of anilines is 1. The zero-order valence-electron chi connectivity index (χ0n) is 11.6. The maximum Gasteiger partial charge on any atom is 0.227 e. The second-order valence-corrected chi connectivity index (χ2v) is 5.81. The molecule has 1 aliphatic heterocycles. The van der Waals surface area contributed by atoms with Crippen LogP contribution in [0.3, 0.4) is 0 Å². The van der Waals surface area contributed by atoms with Crippen LogP contribution in [0.1, 0.15) is 12.8 Å². The molecule has 106 valence electrons. The lowest BCUT2D eigenvalue weighted by atomic mass is 10.2. The van der Waals surface area contributed by atoms with Gasteiger partial charge in [-0.15, -0.1) is 0 Å². The summed E-state index contributed by atoms with van der Waals surface area (Å²) in [4.78, 5) is 6.95. The Morgan fingerprint density at radius 3 is 2.76 bits per heavy atom. The van der Waals surface area contributed by atoms with Gasteiger partial charge in [0.2, 0.25) is 5.89 Å². The average molecular weight is 299 g/mol. The third-order valence-corrected chi connectivity index (χ3v) is 4.15. The monoisotopic (exact) mass is 298 g/mol. The van der Waals surface area contributed by atoms with Gasteiger partial charge < -0.3 is 9.32 Å². The van der Waals surface area contributed by atoms with E-state index in [0.29, 0.717) is 10.9 Å². The second kappa shape index (κ2) is 5.08. The number of hydrogen-bond donors (Lipinski definition) is 0. The fraction of sp³-hybridized carbons (Fsp3) is 0.235. The van der Waals surface area contributed by atoms with E-state index in [1.165, 1.54) is 18.5 Å². The highest BCUT2D eigenvalue weighted by Crippen LogP contribution is 2.29. The molecule has 0 spiro atoms. The van der Waals surface area contributed by atoms with Crippen LogP contribution in [0.2, 0.25) is 5.02 Å². The largest absolute Gasteiger partial charge is 0.436 e. The molecule has 0 saturated carbocycles. The molecule has 0 unspecified atom stereocenters. The molecule has 4 heteroatoms. The predicted octanol–water partition coefficient (Wildman–Crippen LogP) is 4.75. The van der Waals surface area contributed by atoms with E-state index >= 15 is 0 Å². The first-order valence-corrected chi connectivity index (χ1v) is 7.59. The van der Waals surface area contributed by atoms with Crippen LogP contribution in [0, 0.1) is 0 Å². The summed E-state index contributed by atoms with van der Waals surface area (Å²) in [7, 11) is 0. The van der Waals surface area contributed by atoms with Crippen LogP contribution in [-0.4, -0.2) is 18.1 Å². The van der Waals surface area contributed by atoms with Gasteiger partial charge in [-0.3, -0.25) is 0 Å². The molecule has 0 aliphatic carbocycles. The highest BCUT2D eigenvalue weighted by molar-refractivity contribution is 6.31. The zero-order chi connectivity index (χ0) is 14.2. The van der Waals surface area contributed by atoms with Crippen LogP contribution >= 0.6 is 11.6 Å². The SMILES string of the molecule is Clc1ccc2nc(-c3cccc(N4CCCC4)c3)oc2c1. The Kier molecular flexibility index (Phi) is 3.08. The van der Waals surface area contributed by atoms with Crippen molar-refractivity contribution >= 4 is 28.4 Å². The van der Waals surface area contributed by atoms with Crippen molar-refractivity contribution in [3.8, 4) is 11.5 Å². The minimum absolute atomic E-state index is 0.647. The predicted molar refractivity (Wildman–Crippen MR) is 85.9 cm³/mol. The summed E-state index contributed by atoms with van der Waals surface area (Å²) in [5.74, 6) is 0.647. The third kappa shape index (κ3) is 2.38. The smallest absolute Gasteiger partial charge is 0.227 e. The summed E-state index contributed by atoms with van der Waals surface area (Å²) in [5, 5.41) is 0.663. The number of benzene rings is 2. The van der Waals surface area contributed by atoms with E-state index in [2.05, 4.69) is 28.1 Å². The van der Waals surface area contributed by atoms with Gasteiger partial charge in [-0.1, -0.05) is 17.7 Å². The van der Waals surface area contributed by atoms with Gasteiger partial charge in [0.25, 0.3) is 0 Å². The normalized spacial score (nSPS) is 15.0. The average Bonchev–Trinajstić information content (AvgIpc) is 3.16. The summed E-state index contributed by atoms with van der Waals surface area (Å²) >= 11 is 5.99. The fourth-order valence-corrected chi connectivity index (χ4v) is 2.99. The first kappa shape index (κ1) is 12.7. The Morgan fingerprint density at radius 2 is 1.90 bits per heavy atom. The van der Waals surface area contributed by atoms with Gasteiger partial charge >= 0.3 is 0 Å². The van der Waals surface area contributed by atoms with Gasteiger partial charge in [0.05, 0.1) is 0 Å². The van der Waals surface area contributed by atoms with E-state index in [9.17, 15) is 0 Å². The number of rotatable bonds is 2. The molecule has 0 radical (unpaired) electrons. The molecular weight excluding hydrogens is 284 g/mol. The van der Waals surface area contributed by atoms with Crippen molar-refractivity contribution in [1.82, 2.24) is 4.98 Å². The standard InChI is InChI=1S/C17H15ClN2O/c18-13-6-7-15-16(11-13)21-17(19-15)12-4-3-5-14(10-12)20-8-1-2-9-20/h3-7,10-11H,1-2,8-9H2. The lowest BCUT2D eigenvalue weighted by molar-refractivity contribution is 0.620. The van der Waals surface area contributed by atoms with Gasteiger partial charge in [0, 0.05) is 35.4 Å². The Hall–Kier alpha value is -2.00. The Balaban J connectivity index is 1.75. The van der Waals surface area contributed by atoms with Crippen LogP contribution < -0.4 is 4.90 Å². The molecule has 0 atom stereocenters. The Bertz CT molecular complexity index is 790. The molecule has 0 bridgehead atoms. The maximum atomic E-state index is 5.99. The molecule has 2 aromatic carbocycles. The molecule has 3 nitrogen and oxygen atoms in total. The molecule has 1 aliphatic rings. The summed E-state index contributed by atoms with van der Waals surface area (Å²) in [6, 6.07) is 13.9. The van der Waals surface area contributed by atoms with E-state index < -0.39 is 0 Å². The summed E-state index contributed by atoms with van der Waals surface area (Å²) in [6.07, 6.45) is 2.54. The maximum absolute atomic E-state index is 5.99. The molecule has 1 fully saturated rings. The lowest BCUT2D eigenvalue weighted by Gasteiger charge is -2.17. The Labute approximate surface area is 128 Å².